The van der Waals surface area contributed by atoms with Crippen molar-refractivity contribution in [3.63, 3.8) is 0 Å². The number of aromatic nitrogens is 2. The molecular formula is C11H13N3. The molecule has 0 amide bonds. The summed E-state index contributed by atoms with van der Waals surface area (Å²) >= 11 is 0. The van der Waals surface area contributed by atoms with Gasteiger partial charge < -0.3 is 10.3 Å². The first-order valence-corrected chi connectivity index (χ1v) is 4.98. The average Bonchev–Trinajstić information content (AvgIpc) is 2.67. The number of aryl methyl sites for hydroxylation is 2. The van der Waals surface area contributed by atoms with Crippen LogP contribution in [0.25, 0.3) is 11.0 Å². The lowest BCUT2D eigenvalue weighted by atomic mass is 10.2. The van der Waals surface area contributed by atoms with Gasteiger partial charge in [0.1, 0.15) is 5.82 Å². The second kappa shape index (κ2) is 2.58. The number of imidazole rings is 1. The summed E-state index contributed by atoms with van der Waals surface area (Å²) in [5, 5.41) is 0. The van der Waals surface area contributed by atoms with Gasteiger partial charge in [-0.2, -0.15) is 0 Å². The lowest BCUT2D eigenvalue weighted by molar-refractivity contribution is 0.685. The minimum Gasteiger partial charge on any atom is -0.327 e. The van der Waals surface area contributed by atoms with Gasteiger partial charge in [0, 0.05) is 6.54 Å². The number of hydrogen-bond donors (Lipinski definition) is 1. The number of rotatable bonds is 0. The summed E-state index contributed by atoms with van der Waals surface area (Å²) in [6, 6.07) is 6.48. The predicted octanol–water partition coefficient (Wildman–Crippen LogP) is 1.75. The van der Waals surface area contributed by atoms with Gasteiger partial charge in [-0.05, 0) is 31.0 Å². The van der Waals surface area contributed by atoms with E-state index in [0.29, 0.717) is 0 Å². The molecule has 1 aromatic carbocycles. The van der Waals surface area contributed by atoms with Crippen molar-refractivity contribution in [1.82, 2.24) is 9.55 Å². The van der Waals surface area contributed by atoms with Crippen LogP contribution >= 0.6 is 0 Å². The highest BCUT2D eigenvalue weighted by atomic mass is 15.1. The fourth-order valence-corrected chi connectivity index (χ4v) is 2.17. The predicted molar refractivity (Wildman–Crippen MR) is 56.0 cm³/mol. The summed E-state index contributed by atoms with van der Waals surface area (Å²) < 4.78 is 2.24. The molecule has 0 saturated carbocycles. The third-order valence-electron chi connectivity index (χ3n) is 2.93. The summed E-state index contributed by atoms with van der Waals surface area (Å²) in [5.41, 5.74) is 9.54. The molecule has 2 heterocycles. The van der Waals surface area contributed by atoms with E-state index >= 15 is 0 Å². The van der Waals surface area contributed by atoms with E-state index in [2.05, 4.69) is 34.7 Å². The lowest BCUT2D eigenvalue weighted by Crippen LogP contribution is -2.06. The second-order valence-electron chi connectivity index (χ2n) is 4.01. The Morgan fingerprint density at radius 2 is 2.36 bits per heavy atom. The molecule has 0 aliphatic carbocycles. The summed E-state index contributed by atoms with van der Waals surface area (Å²) in [5.74, 6) is 1.05. The highest BCUT2D eigenvalue weighted by Crippen LogP contribution is 2.28. The maximum Gasteiger partial charge on any atom is 0.126 e. The van der Waals surface area contributed by atoms with Crippen molar-refractivity contribution in [2.75, 3.05) is 0 Å². The van der Waals surface area contributed by atoms with Crippen LogP contribution in [0.1, 0.15) is 23.9 Å². The molecule has 0 bridgehead atoms. The zero-order chi connectivity index (χ0) is 9.71. The molecule has 1 aliphatic rings. The van der Waals surface area contributed by atoms with Crippen LogP contribution in [0, 0.1) is 6.92 Å². The lowest BCUT2D eigenvalue weighted by Gasteiger charge is -1.98. The standard InChI is InChI=1S/C11H13N3/c1-7-2-3-9-10(6-7)14-5-4-8(12)11(14)13-9/h2-3,6,8H,4-5,12H2,1H3/t8-/m0/s1. The van der Waals surface area contributed by atoms with Crippen LogP contribution in [0.4, 0.5) is 0 Å². The van der Waals surface area contributed by atoms with Crippen molar-refractivity contribution in [3.05, 3.63) is 29.6 Å². The monoisotopic (exact) mass is 187 g/mol. The van der Waals surface area contributed by atoms with E-state index in [0.717, 1.165) is 24.3 Å². The zero-order valence-electron chi connectivity index (χ0n) is 8.20. The molecule has 0 saturated heterocycles. The minimum absolute atomic E-state index is 0.128. The number of nitrogens with two attached hydrogens (primary N) is 1. The molecule has 1 aliphatic heterocycles. The molecule has 3 rings (SSSR count). The highest BCUT2D eigenvalue weighted by Gasteiger charge is 2.22. The summed E-state index contributed by atoms with van der Waals surface area (Å²) in [6.45, 7) is 3.12. The van der Waals surface area contributed by atoms with Gasteiger partial charge >= 0.3 is 0 Å². The fourth-order valence-electron chi connectivity index (χ4n) is 2.17. The Morgan fingerprint density at radius 3 is 3.21 bits per heavy atom. The number of nitrogens with zero attached hydrogens (tertiary/aromatic N) is 2. The summed E-state index contributed by atoms with van der Waals surface area (Å²) in [7, 11) is 0. The Hall–Kier alpha value is -1.35. The Kier molecular flexibility index (Phi) is 1.47. The van der Waals surface area contributed by atoms with Crippen molar-refractivity contribution in [2.24, 2.45) is 5.73 Å². The average molecular weight is 187 g/mol. The van der Waals surface area contributed by atoms with Gasteiger partial charge in [0.15, 0.2) is 0 Å². The number of benzene rings is 1. The van der Waals surface area contributed by atoms with Crippen LogP contribution in [0.15, 0.2) is 18.2 Å². The molecule has 3 nitrogen and oxygen atoms in total. The highest BCUT2D eigenvalue weighted by molar-refractivity contribution is 5.77. The SMILES string of the molecule is Cc1ccc2nc3n(c2c1)CC[C@@H]3N. The first-order valence-electron chi connectivity index (χ1n) is 4.98. The van der Waals surface area contributed by atoms with Gasteiger partial charge in [-0.25, -0.2) is 4.98 Å². The van der Waals surface area contributed by atoms with Gasteiger partial charge in [0.05, 0.1) is 17.1 Å². The van der Waals surface area contributed by atoms with E-state index < -0.39 is 0 Å². The summed E-state index contributed by atoms with van der Waals surface area (Å²) in [6.07, 6.45) is 1.02. The Bertz CT molecular complexity index is 498. The molecule has 0 spiro atoms. The third kappa shape index (κ3) is 0.930. The number of fused-ring (bicyclic) bond motifs is 3. The molecule has 2 N–H and O–H groups in total. The quantitative estimate of drug-likeness (QED) is 0.682. The van der Waals surface area contributed by atoms with Crippen molar-refractivity contribution in [1.29, 1.82) is 0 Å². The topological polar surface area (TPSA) is 43.8 Å². The maximum absolute atomic E-state index is 5.96. The Balaban J connectivity index is 2.36. The molecule has 1 aromatic heterocycles. The Labute approximate surface area is 82.5 Å². The van der Waals surface area contributed by atoms with Crippen LogP contribution in [0.5, 0.6) is 0 Å². The van der Waals surface area contributed by atoms with E-state index in [1.807, 2.05) is 0 Å². The first-order chi connectivity index (χ1) is 6.75. The van der Waals surface area contributed by atoms with Crippen LogP contribution in [0.3, 0.4) is 0 Å². The summed E-state index contributed by atoms with van der Waals surface area (Å²) in [4.78, 5) is 4.55. The van der Waals surface area contributed by atoms with Gasteiger partial charge in [-0.1, -0.05) is 6.07 Å². The van der Waals surface area contributed by atoms with Gasteiger partial charge in [0.2, 0.25) is 0 Å². The van der Waals surface area contributed by atoms with Crippen LogP contribution in [-0.2, 0) is 6.54 Å². The van der Waals surface area contributed by atoms with Crippen molar-refractivity contribution in [3.8, 4) is 0 Å². The van der Waals surface area contributed by atoms with Crippen LogP contribution in [-0.4, -0.2) is 9.55 Å². The van der Waals surface area contributed by atoms with E-state index in [9.17, 15) is 0 Å². The van der Waals surface area contributed by atoms with E-state index in [4.69, 9.17) is 5.73 Å². The fraction of sp³-hybridized carbons (Fsp3) is 0.364. The van der Waals surface area contributed by atoms with Crippen molar-refractivity contribution in [2.45, 2.75) is 25.9 Å². The molecule has 0 radical (unpaired) electrons. The molecule has 1 atom stereocenters. The zero-order valence-corrected chi connectivity index (χ0v) is 8.20. The van der Waals surface area contributed by atoms with Gasteiger partial charge in [0.25, 0.3) is 0 Å². The molecule has 2 aromatic rings. The molecule has 3 heteroatoms. The number of hydrogen-bond acceptors (Lipinski definition) is 2. The molecule has 0 fully saturated rings. The molecular weight excluding hydrogens is 174 g/mol. The molecule has 14 heavy (non-hydrogen) atoms. The van der Waals surface area contributed by atoms with Crippen LogP contribution < -0.4 is 5.73 Å². The Morgan fingerprint density at radius 1 is 1.50 bits per heavy atom. The smallest absolute Gasteiger partial charge is 0.126 e. The van der Waals surface area contributed by atoms with Gasteiger partial charge in [-0.3, -0.25) is 0 Å². The van der Waals surface area contributed by atoms with Crippen molar-refractivity contribution >= 4 is 11.0 Å². The van der Waals surface area contributed by atoms with Gasteiger partial charge in [-0.15, -0.1) is 0 Å². The maximum atomic E-state index is 5.96. The molecule has 72 valence electrons. The third-order valence-corrected chi connectivity index (χ3v) is 2.93. The second-order valence-corrected chi connectivity index (χ2v) is 4.01. The molecule has 0 unspecified atom stereocenters. The minimum atomic E-state index is 0.128. The largest absolute Gasteiger partial charge is 0.327 e. The van der Waals surface area contributed by atoms with E-state index in [-0.39, 0.29) is 6.04 Å². The van der Waals surface area contributed by atoms with Crippen LogP contribution in [0.2, 0.25) is 0 Å². The van der Waals surface area contributed by atoms with E-state index in [1.165, 1.54) is 11.1 Å². The van der Waals surface area contributed by atoms with Crippen molar-refractivity contribution < 1.29 is 0 Å². The first kappa shape index (κ1) is 8.00. The normalized spacial score (nSPS) is 20.3. The van der Waals surface area contributed by atoms with E-state index in [1.54, 1.807) is 0 Å².